The molecule has 3 rings (SSSR count). The van der Waals surface area contributed by atoms with Crippen molar-refractivity contribution in [2.75, 3.05) is 0 Å². The zero-order valence-corrected chi connectivity index (χ0v) is 18.4. The van der Waals surface area contributed by atoms with Gasteiger partial charge in [0.1, 0.15) is 0 Å². The van der Waals surface area contributed by atoms with Gasteiger partial charge in [-0.15, -0.1) is 0 Å². The van der Waals surface area contributed by atoms with Crippen molar-refractivity contribution in [1.29, 1.82) is 0 Å². The summed E-state index contributed by atoms with van der Waals surface area (Å²) in [5.41, 5.74) is 0.976. The molecule has 0 N–H and O–H groups in total. The quantitative estimate of drug-likeness (QED) is 0.331. The summed E-state index contributed by atoms with van der Waals surface area (Å²) in [6.07, 6.45) is 21.2. The van der Waals surface area contributed by atoms with E-state index in [0.717, 1.165) is 49.0 Å². The fourth-order valence-corrected chi connectivity index (χ4v) is 5.77. The molecule has 0 atom stereocenters. The molecular formula is C27H39F3. The third-order valence-corrected chi connectivity index (χ3v) is 7.78. The number of allylic oxidation sites excluding steroid dienone is 1. The minimum atomic E-state index is -0.742. The average molecular weight is 421 g/mol. The Balaban J connectivity index is 1.26. The molecule has 2 saturated carbocycles. The Morgan fingerprint density at radius 2 is 1.30 bits per heavy atom. The lowest BCUT2D eigenvalue weighted by Crippen LogP contribution is -2.18. The molecule has 0 aromatic heterocycles. The van der Waals surface area contributed by atoms with E-state index in [4.69, 9.17) is 0 Å². The molecule has 0 heterocycles. The van der Waals surface area contributed by atoms with Crippen LogP contribution in [0.3, 0.4) is 0 Å². The number of unbranched alkanes of at least 4 members (excludes halogenated alkanes) is 3. The molecule has 0 spiro atoms. The maximum absolute atomic E-state index is 13.5. The highest BCUT2D eigenvalue weighted by molar-refractivity contribution is 5.22. The van der Waals surface area contributed by atoms with Gasteiger partial charge >= 0.3 is 0 Å². The first-order chi connectivity index (χ1) is 14.7. The Morgan fingerprint density at radius 1 is 0.700 bits per heavy atom. The zero-order valence-electron chi connectivity index (χ0n) is 18.4. The first-order valence-corrected chi connectivity index (χ1v) is 12.4. The van der Waals surface area contributed by atoms with Crippen molar-refractivity contribution in [2.24, 2.45) is 17.8 Å². The summed E-state index contributed by atoms with van der Waals surface area (Å²) in [4.78, 5) is 0. The normalized spacial score (nSPS) is 27.6. The summed E-state index contributed by atoms with van der Waals surface area (Å²) in [5.74, 6) is 1.61. The average Bonchev–Trinajstić information content (AvgIpc) is 2.78. The van der Waals surface area contributed by atoms with Crippen LogP contribution < -0.4 is 0 Å². The Bertz CT molecular complexity index is 638. The highest BCUT2D eigenvalue weighted by Crippen LogP contribution is 2.40. The zero-order chi connectivity index (χ0) is 21.2. The fraction of sp³-hybridized carbons (Fsp3) is 0.704. The molecule has 3 heteroatoms. The number of hydrogen-bond acceptors (Lipinski definition) is 0. The number of halogens is 3. The number of rotatable bonds is 10. The van der Waals surface area contributed by atoms with E-state index in [0.29, 0.717) is 12.2 Å². The second-order valence-electron chi connectivity index (χ2n) is 9.85. The maximum Gasteiger partial charge on any atom is 0.159 e. The number of hydrogen-bond donors (Lipinski definition) is 0. The van der Waals surface area contributed by atoms with Gasteiger partial charge in [0.05, 0.1) is 6.33 Å². The molecule has 0 saturated heterocycles. The first kappa shape index (κ1) is 23.4. The van der Waals surface area contributed by atoms with E-state index >= 15 is 0 Å². The van der Waals surface area contributed by atoms with E-state index in [1.54, 1.807) is 12.1 Å². The van der Waals surface area contributed by atoms with E-state index in [1.807, 2.05) is 0 Å². The predicted molar refractivity (Wildman–Crippen MR) is 119 cm³/mol. The van der Waals surface area contributed by atoms with Crippen LogP contribution in [-0.2, 0) is 0 Å². The van der Waals surface area contributed by atoms with Crippen LogP contribution in [0.4, 0.5) is 13.2 Å². The van der Waals surface area contributed by atoms with Crippen molar-refractivity contribution >= 4 is 0 Å². The molecule has 0 unspecified atom stereocenters. The van der Waals surface area contributed by atoms with Crippen LogP contribution in [0.15, 0.2) is 30.6 Å². The Hall–Kier alpha value is -1.25. The van der Waals surface area contributed by atoms with Crippen molar-refractivity contribution in [3.05, 3.63) is 47.8 Å². The molecule has 2 aliphatic rings. The van der Waals surface area contributed by atoms with Gasteiger partial charge < -0.3 is 0 Å². The lowest BCUT2D eigenvalue weighted by Gasteiger charge is -2.32. The largest absolute Gasteiger partial charge is 0.216 e. The third-order valence-electron chi connectivity index (χ3n) is 7.78. The van der Waals surface area contributed by atoms with Gasteiger partial charge in [-0.3, -0.25) is 0 Å². The third kappa shape index (κ3) is 7.46. The standard InChI is InChI=1S/C27H39F3/c28-19-5-3-1-2-4-6-21-7-9-22(10-8-21)11-12-23-13-15-24(16-14-23)25-17-18-26(29)27(30)20-25/h5,17-24H,1-4,6-16H2/b19-5+. The van der Waals surface area contributed by atoms with E-state index in [1.165, 1.54) is 82.8 Å². The molecule has 2 aliphatic carbocycles. The van der Waals surface area contributed by atoms with Gasteiger partial charge in [-0.2, -0.15) is 0 Å². The first-order valence-electron chi connectivity index (χ1n) is 12.4. The summed E-state index contributed by atoms with van der Waals surface area (Å²) in [7, 11) is 0. The van der Waals surface area contributed by atoms with E-state index < -0.39 is 11.6 Å². The Morgan fingerprint density at radius 3 is 1.90 bits per heavy atom. The van der Waals surface area contributed by atoms with E-state index in [-0.39, 0.29) is 0 Å². The van der Waals surface area contributed by atoms with Crippen molar-refractivity contribution in [3.63, 3.8) is 0 Å². The molecule has 2 fully saturated rings. The fourth-order valence-electron chi connectivity index (χ4n) is 5.77. The van der Waals surface area contributed by atoms with Crippen molar-refractivity contribution in [3.8, 4) is 0 Å². The molecule has 0 radical (unpaired) electrons. The molecule has 1 aromatic rings. The second kappa shape index (κ2) is 12.6. The van der Waals surface area contributed by atoms with Crippen molar-refractivity contribution < 1.29 is 13.2 Å². The molecule has 1 aromatic carbocycles. The summed E-state index contributed by atoms with van der Waals surface area (Å²) in [6.45, 7) is 0. The van der Waals surface area contributed by atoms with Crippen LogP contribution in [0, 0.1) is 29.4 Å². The molecule has 0 aliphatic heterocycles. The van der Waals surface area contributed by atoms with Gasteiger partial charge in [0, 0.05) is 0 Å². The van der Waals surface area contributed by atoms with E-state index in [9.17, 15) is 13.2 Å². The Labute approximate surface area is 181 Å². The summed E-state index contributed by atoms with van der Waals surface area (Å²) in [6, 6.07) is 4.44. The summed E-state index contributed by atoms with van der Waals surface area (Å²) in [5, 5.41) is 0. The highest BCUT2D eigenvalue weighted by Gasteiger charge is 2.25. The minimum Gasteiger partial charge on any atom is -0.216 e. The second-order valence-corrected chi connectivity index (χ2v) is 9.85. The van der Waals surface area contributed by atoms with Crippen LogP contribution in [0.2, 0.25) is 0 Å². The molecule has 30 heavy (non-hydrogen) atoms. The van der Waals surface area contributed by atoms with Crippen LogP contribution in [-0.4, -0.2) is 0 Å². The van der Waals surface area contributed by atoms with Gasteiger partial charge in [0.15, 0.2) is 11.6 Å². The maximum atomic E-state index is 13.5. The van der Waals surface area contributed by atoms with Gasteiger partial charge in [-0.25, -0.2) is 13.2 Å². The topological polar surface area (TPSA) is 0 Å². The Kier molecular flexibility index (Phi) is 9.81. The SMILES string of the molecule is F/C=C/CCCCCC1CCC(CCC2CCC(c3ccc(F)c(F)c3)CC2)CC1. The highest BCUT2D eigenvalue weighted by atomic mass is 19.2. The van der Waals surface area contributed by atoms with Gasteiger partial charge in [0.2, 0.25) is 0 Å². The summed E-state index contributed by atoms with van der Waals surface area (Å²) < 4.78 is 38.6. The minimum absolute atomic E-state index is 0.403. The van der Waals surface area contributed by atoms with Crippen LogP contribution in [0.5, 0.6) is 0 Å². The van der Waals surface area contributed by atoms with Gasteiger partial charge in [0.25, 0.3) is 0 Å². The molecular weight excluding hydrogens is 381 g/mol. The van der Waals surface area contributed by atoms with Gasteiger partial charge in [-0.1, -0.05) is 69.9 Å². The predicted octanol–water partition coefficient (Wildman–Crippen LogP) is 9.26. The summed E-state index contributed by atoms with van der Waals surface area (Å²) >= 11 is 0. The van der Waals surface area contributed by atoms with E-state index in [2.05, 4.69) is 0 Å². The smallest absolute Gasteiger partial charge is 0.159 e. The molecule has 0 nitrogen and oxygen atoms in total. The lowest BCUT2D eigenvalue weighted by atomic mass is 9.74. The molecule has 0 bridgehead atoms. The van der Waals surface area contributed by atoms with Crippen molar-refractivity contribution in [1.82, 2.24) is 0 Å². The number of benzene rings is 1. The van der Waals surface area contributed by atoms with Crippen LogP contribution in [0.25, 0.3) is 0 Å². The lowest BCUT2D eigenvalue weighted by molar-refractivity contribution is 0.222. The monoisotopic (exact) mass is 420 g/mol. The molecule has 0 amide bonds. The molecule has 168 valence electrons. The van der Waals surface area contributed by atoms with Crippen LogP contribution in [0.1, 0.15) is 108 Å². The van der Waals surface area contributed by atoms with Gasteiger partial charge in [-0.05, 0) is 79.9 Å². The van der Waals surface area contributed by atoms with Crippen LogP contribution >= 0.6 is 0 Å². The van der Waals surface area contributed by atoms with Crippen molar-refractivity contribution in [2.45, 2.75) is 102 Å².